The van der Waals surface area contributed by atoms with Crippen molar-refractivity contribution in [2.75, 3.05) is 12.3 Å². The van der Waals surface area contributed by atoms with Crippen LogP contribution in [0.2, 0.25) is 0 Å². The van der Waals surface area contributed by atoms with E-state index in [1.807, 2.05) is 0 Å². The van der Waals surface area contributed by atoms with Crippen LogP contribution >= 0.6 is 15.8 Å². The van der Waals surface area contributed by atoms with E-state index in [1.54, 1.807) is 5.30 Å². The largest absolute Gasteiger partial charge is 0.0718 e. The number of hydrogen-bond acceptors (Lipinski definition) is 0. The van der Waals surface area contributed by atoms with Crippen LogP contribution in [0, 0.1) is 0 Å². The number of benzene rings is 3. The van der Waals surface area contributed by atoms with Gasteiger partial charge in [-0.1, -0.05) is 98.9 Å². The molecule has 126 valence electrons. The van der Waals surface area contributed by atoms with Crippen molar-refractivity contribution in [3.05, 3.63) is 91.0 Å². The van der Waals surface area contributed by atoms with Crippen molar-refractivity contribution in [3.63, 3.8) is 0 Å². The van der Waals surface area contributed by atoms with Crippen molar-refractivity contribution in [2.24, 2.45) is 0 Å². The van der Waals surface area contributed by atoms with Crippen LogP contribution in [0.25, 0.3) is 0 Å². The van der Waals surface area contributed by atoms with Gasteiger partial charge < -0.3 is 0 Å². The zero-order chi connectivity index (χ0) is 16.9. The minimum absolute atomic E-state index is 0.000694. The highest BCUT2D eigenvalue weighted by molar-refractivity contribution is 7.74. The maximum atomic E-state index is 2.36. The Labute approximate surface area is 153 Å². The van der Waals surface area contributed by atoms with Crippen LogP contribution in [0.1, 0.15) is 12.8 Å². The molecule has 0 aliphatic carbocycles. The maximum Gasteiger partial charge on any atom is -0.0123 e. The molecular formula is C23H24P2. The topological polar surface area (TPSA) is 0 Å². The second-order valence-electron chi connectivity index (χ2n) is 6.61. The van der Waals surface area contributed by atoms with E-state index in [9.17, 15) is 0 Å². The van der Waals surface area contributed by atoms with Gasteiger partial charge in [-0.2, -0.15) is 0 Å². The van der Waals surface area contributed by atoms with Crippen molar-refractivity contribution in [1.29, 1.82) is 0 Å². The Balaban J connectivity index is 1.62. The SMILES string of the molecule is c1ccc(P(CC2CCCP2c2ccccc2)c2ccccc2)cc1. The van der Waals surface area contributed by atoms with Crippen LogP contribution in [0.15, 0.2) is 91.0 Å². The molecule has 1 aliphatic heterocycles. The van der Waals surface area contributed by atoms with Crippen molar-refractivity contribution < 1.29 is 0 Å². The fraction of sp³-hybridized carbons (Fsp3) is 0.217. The van der Waals surface area contributed by atoms with Gasteiger partial charge in [0.2, 0.25) is 0 Å². The summed E-state index contributed by atoms with van der Waals surface area (Å²) in [6, 6.07) is 33.7. The van der Waals surface area contributed by atoms with Gasteiger partial charge in [-0.25, -0.2) is 0 Å². The van der Waals surface area contributed by atoms with Crippen LogP contribution < -0.4 is 15.9 Å². The van der Waals surface area contributed by atoms with E-state index in [2.05, 4.69) is 91.0 Å². The van der Waals surface area contributed by atoms with Crippen molar-refractivity contribution >= 4 is 31.8 Å². The van der Waals surface area contributed by atoms with Gasteiger partial charge in [0, 0.05) is 0 Å². The Bertz CT molecular complexity index is 731. The molecule has 1 aliphatic rings. The fourth-order valence-corrected chi connectivity index (χ4v) is 10.1. The molecular weight excluding hydrogens is 338 g/mol. The maximum absolute atomic E-state index is 2.36. The molecule has 3 aromatic carbocycles. The third-order valence-electron chi connectivity index (χ3n) is 4.99. The van der Waals surface area contributed by atoms with E-state index in [0.717, 1.165) is 5.66 Å². The van der Waals surface area contributed by atoms with Gasteiger partial charge in [-0.15, -0.1) is 0 Å². The van der Waals surface area contributed by atoms with Gasteiger partial charge in [-0.3, -0.25) is 0 Å². The average molecular weight is 362 g/mol. The Hall–Kier alpha value is -1.48. The smallest absolute Gasteiger partial charge is 0.0123 e. The Morgan fingerprint density at radius 3 is 1.80 bits per heavy atom. The molecule has 0 spiro atoms. The summed E-state index contributed by atoms with van der Waals surface area (Å²) < 4.78 is 0. The average Bonchev–Trinajstić information content (AvgIpc) is 3.16. The lowest BCUT2D eigenvalue weighted by Crippen LogP contribution is -2.21. The van der Waals surface area contributed by atoms with Crippen LogP contribution in [-0.4, -0.2) is 18.0 Å². The number of hydrogen-bond donors (Lipinski definition) is 0. The lowest BCUT2D eigenvalue weighted by Gasteiger charge is -2.27. The van der Waals surface area contributed by atoms with Gasteiger partial charge in [0.15, 0.2) is 0 Å². The molecule has 2 heteroatoms. The molecule has 0 aromatic heterocycles. The Morgan fingerprint density at radius 2 is 1.24 bits per heavy atom. The highest BCUT2D eigenvalue weighted by atomic mass is 31.1. The number of rotatable bonds is 5. The summed E-state index contributed by atoms with van der Waals surface area (Å²) in [7, 11) is -0.263. The predicted octanol–water partition coefficient (Wildman–Crippen LogP) is 5.09. The van der Waals surface area contributed by atoms with E-state index >= 15 is 0 Å². The normalized spacial score (nSPS) is 20.0. The Kier molecular flexibility index (Phi) is 5.61. The minimum atomic E-state index is -0.263. The first-order valence-corrected chi connectivity index (χ1v) is 12.2. The second kappa shape index (κ2) is 8.27. The first-order chi connectivity index (χ1) is 12.4. The molecule has 0 saturated carbocycles. The van der Waals surface area contributed by atoms with Crippen LogP contribution in [0.5, 0.6) is 0 Å². The van der Waals surface area contributed by atoms with Crippen LogP contribution in [0.4, 0.5) is 0 Å². The molecule has 0 amide bonds. The summed E-state index contributed by atoms with van der Waals surface area (Å²) in [6.45, 7) is 0. The summed E-state index contributed by atoms with van der Waals surface area (Å²) in [5.74, 6) is 0. The van der Waals surface area contributed by atoms with E-state index in [4.69, 9.17) is 0 Å². The fourth-order valence-electron chi connectivity index (χ4n) is 3.77. The molecule has 1 fully saturated rings. The molecule has 4 rings (SSSR count). The van der Waals surface area contributed by atoms with Gasteiger partial charge in [0.25, 0.3) is 0 Å². The van der Waals surface area contributed by atoms with E-state index < -0.39 is 0 Å². The lowest BCUT2D eigenvalue weighted by atomic mass is 10.3. The molecule has 3 aromatic rings. The molecule has 0 N–H and O–H groups in total. The van der Waals surface area contributed by atoms with E-state index in [0.29, 0.717) is 0 Å². The highest BCUT2D eigenvalue weighted by Gasteiger charge is 2.31. The Morgan fingerprint density at radius 1 is 0.720 bits per heavy atom. The molecule has 25 heavy (non-hydrogen) atoms. The van der Waals surface area contributed by atoms with Gasteiger partial charge in [-0.05, 0) is 54.7 Å². The molecule has 0 radical (unpaired) electrons. The monoisotopic (exact) mass is 362 g/mol. The predicted molar refractivity (Wildman–Crippen MR) is 115 cm³/mol. The first kappa shape index (κ1) is 17.0. The molecule has 1 saturated heterocycles. The molecule has 2 atom stereocenters. The quantitative estimate of drug-likeness (QED) is 0.555. The third-order valence-corrected chi connectivity index (χ3v) is 11.0. The molecule has 0 bridgehead atoms. The lowest BCUT2D eigenvalue weighted by molar-refractivity contribution is 0.841. The van der Waals surface area contributed by atoms with E-state index in [1.165, 1.54) is 35.8 Å². The summed E-state index contributed by atoms with van der Waals surface area (Å²) in [5.41, 5.74) is 0.865. The van der Waals surface area contributed by atoms with Crippen molar-refractivity contribution in [1.82, 2.24) is 0 Å². The van der Waals surface area contributed by atoms with Gasteiger partial charge in [0.05, 0.1) is 0 Å². The zero-order valence-electron chi connectivity index (χ0n) is 14.5. The highest BCUT2D eigenvalue weighted by Crippen LogP contribution is 2.53. The standard InChI is InChI=1S/C23H24P2/c1-4-11-20(12-5-1)24-18-10-17-23(24)19-25(21-13-6-2-7-14-21)22-15-8-3-9-16-22/h1-9,11-16,23H,10,17-19H2. The van der Waals surface area contributed by atoms with Crippen molar-refractivity contribution in [2.45, 2.75) is 18.5 Å². The molecule has 0 nitrogen and oxygen atoms in total. The van der Waals surface area contributed by atoms with Gasteiger partial charge >= 0.3 is 0 Å². The zero-order valence-corrected chi connectivity index (χ0v) is 16.2. The van der Waals surface area contributed by atoms with Gasteiger partial charge in [0.1, 0.15) is 0 Å². The van der Waals surface area contributed by atoms with Crippen molar-refractivity contribution in [3.8, 4) is 0 Å². The van der Waals surface area contributed by atoms with Crippen LogP contribution in [-0.2, 0) is 0 Å². The molecule has 2 unspecified atom stereocenters. The minimum Gasteiger partial charge on any atom is -0.0718 e. The summed E-state index contributed by atoms with van der Waals surface area (Å²) in [4.78, 5) is 0. The summed E-state index contributed by atoms with van der Waals surface area (Å²) in [5, 5.41) is 4.66. The summed E-state index contributed by atoms with van der Waals surface area (Å²) in [6.07, 6.45) is 5.55. The third kappa shape index (κ3) is 4.03. The van der Waals surface area contributed by atoms with Crippen LogP contribution in [0.3, 0.4) is 0 Å². The summed E-state index contributed by atoms with van der Waals surface area (Å²) >= 11 is 0. The first-order valence-electron chi connectivity index (χ1n) is 9.11. The molecule has 1 heterocycles. The second-order valence-corrected chi connectivity index (χ2v) is 11.5. The van der Waals surface area contributed by atoms with E-state index in [-0.39, 0.29) is 15.8 Å².